The number of fused-ring (bicyclic) bond motifs is 1. The van der Waals surface area contributed by atoms with Crippen LogP contribution in [-0.4, -0.2) is 69.8 Å². The Kier molecular flexibility index (Phi) is 13.8. The lowest BCUT2D eigenvalue weighted by atomic mass is 10.0. The van der Waals surface area contributed by atoms with Gasteiger partial charge in [-0.2, -0.15) is 0 Å². The number of hydrogen-bond acceptors (Lipinski definition) is 8. The van der Waals surface area contributed by atoms with Crippen molar-refractivity contribution in [2.45, 2.75) is 44.2 Å². The first-order valence-electron chi connectivity index (χ1n) is 15.9. The lowest BCUT2D eigenvalue weighted by Crippen LogP contribution is -2.55. The second-order valence-corrected chi connectivity index (χ2v) is 12.7. The van der Waals surface area contributed by atoms with Crippen molar-refractivity contribution in [2.24, 2.45) is 0 Å². The molecular weight excluding hydrogens is 681 g/mol. The molecule has 15 heteroatoms. The van der Waals surface area contributed by atoms with Gasteiger partial charge in [0, 0.05) is 12.8 Å². The number of carboxylic acids is 1. The number of hydrogen-bond donors (Lipinski definition) is 6. The first kappa shape index (κ1) is 38.2. The van der Waals surface area contributed by atoms with E-state index in [4.69, 9.17) is 19.6 Å². The quantitative estimate of drug-likeness (QED) is 0.0499. The number of aliphatic carboxylic acids is 1. The van der Waals surface area contributed by atoms with E-state index in [0.717, 1.165) is 21.9 Å². The van der Waals surface area contributed by atoms with Crippen molar-refractivity contribution in [2.75, 3.05) is 13.2 Å². The van der Waals surface area contributed by atoms with Gasteiger partial charge in [0.15, 0.2) is 0 Å². The van der Waals surface area contributed by atoms with Gasteiger partial charge >= 0.3 is 19.8 Å². The van der Waals surface area contributed by atoms with E-state index in [9.17, 15) is 28.5 Å². The number of esters is 1. The number of ether oxygens (including phenoxy) is 1. The van der Waals surface area contributed by atoms with Gasteiger partial charge in [-0.25, -0.2) is 4.57 Å². The minimum Gasteiger partial charge on any atom is -0.481 e. The van der Waals surface area contributed by atoms with E-state index in [2.05, 4.69) is 20.5 Å². The van der Waals surface area contributed by atoms with Gasteiger partial charge in [-0.15, -0.1) is 0 Å². The summed E-state index contributed by atoms with van der Waals surface area (Å²) in [5.74, 6) is -3.73. The average Bonchev–Trinajstić information content (AvgIpc) is 3.09. The van der Waals surface area contributed by atoms with E-state index in [1.165, 1.54) is 24.3 Å². The summed E-state index contributed by atoms with van der Waals surface area (Å²) in [6.07, 6.45) is -0.693. The van der Waals surface area contributed by atoms with Gasteiger partial charge in [0.2, 0.25) is 17.7 Å². The fourth-order valence-electron chi connectivity index (χ4n) is 5.12. The molecule has 2 atom stereocenters. The predicted molar refractivity (Wildman–Crippen MR) is 185 cm³/mol. The van der Waals surface area contributed by atoms with Crippen molar-refractivity contribution in [3.8, 4) is 5.75 Å². The zero-order chi connectivity index (χ0) is 36.8. The zero-order valence-electron chi connectivity index (χ0n) is 27.4. The highest BCUT2D eigenvalue weighted by atomic mass is 31.2. The number of phosphoric ester groups is 1. The van der Waals surface area contributed by atoms with E-state index < -0.39 is 56.0 Å². The Morgan fingerprint density at radius 3 is 1.96 bits per heavy atom. The van der Waals surface area contributed by atoms with Crippen LogP contribution in [0.5, 0.6) is 5.75 Å². The van der Waals surface area contributed by atoms with Crippen molar-refractivity contribution in [1.82, 2.24) is 16.0 Å². The second kappa shape index (κ2) is 18.4. The van der Waals surface area contributed by atoms with Gasteiger partial charge in [0.05, 0.1) is 25.8 Å². The van der Waals surface area contributed by atoms with Crippen LogP contribution >= 0.6 is 7.82 Å². The number of amides is 3. The van der Waals surface area contributed by atoms with Gasteiger partial charge in [-0.3, -0.25) is 33.8 Å². The van der Waals surface area contributed by atoms with E-state index in [1.807, 2.05) is 48.5 Å². The highest BCUT2D eigenvalue weighted by molar-refractivity contribution is 7.46. The van der Waals surface area contributed by atoms with Gasteiger partial charge in [-0.05, 0) is 39.6 Å². The van der Waals surface area contributed by atoms with Gasteiger partial charge < -0.3 is 30.3 Å². The summed E-state index contributed by atoms with van der Waals surface area (Å²) < 4.78 is 20.8. The smallest absolute Gasteiger partial charge is 0.481 e. The third-order valence-corrected chi connectivity index (χ3v) is 7.99. The van der Waals surface area contributed by atoms with E-state index in [-0.39, 0.29) is 44.6 Å². The Morgan fingerprint density at radius 1 is 0.686 bits per heavy atom. The van der Waals surface area contributed by atoms with Gasteiger partial charge in [0.25, 0.3) is 0 Å². The minimum atomic E-state index is -4.80. The molecule has 0 saturated heterocycles. The highest BCUT2D eigenvalue weighted by Crippen LogP contribution is 2.37. The van der Waals surface area contributed by atoms with Crippen LogP contribution in [0.15, 0.2) is 97.1 Å². The summed E-state index contributed by atoms with van der Waals surface area (Å²) in [6.45, 7) is -0.393. The number of nitrogens with one attached hydrogen (secondary N) is 3. The molecule has 0 spiro atoms. The number of benzene rings is 4. The molecule has 0 aliphatic heterocycles. The zero-order valence-corrected chi connectivity index (χ0v) is 28.3. The Bertz CT molecular complexity index is 1880. The second-order valence-electron chi connectivity index (χ2n) is 11.6. The third kappa shape index (κ3) is 13.3. The van der Waals surface area contributed by atoms with E-state index >= 15 is 0 Å². The molecule has 4 aromatic rings. The van der Waals surface area contributed by atoms with Crippen LogP contribution in [0.1, 0.15) is 29.5 Å². The summed E-state index contributed by atoms with van der Waals surface area (Å²) in [6, 6.07) is 25.7. The van der Waals surface area contributed by atoms with Crippen molar-refractivity contribution in [3.63, 3.8) is 0 Å². The lowest BCUT2D eigenvalue weighted by Gasteiger charge is -2.24. The molecule has 268 valence electrons. The van der Waals surface area contributed by atoms with Crippen molar-refractivity contribution in [1.29, 1.82) is 0 Å². The molecule has 0 heterocycles. The number of carboxylic acid groups (broad SMARTS) is 1. The van der Waals surface area contributed by atoms with Crippen LogP contribution in [0.3, 0.4) is 0 Å². The molecule has 0 saturated carbocycles. The maximum Gasteiger partial charge on any atom is 0.524 e. The number of rotatable bonds is 18. The molecule has 0 radical (unpaired) electrons. The van der Waals surface area contributed by atoms with Crippen LogP contribution in [0.2, 0.25) is 0 Å². The predicted octanol–water partition coefficient (Wildman–Crippen LogP) is 2.83. The van der Waals surface area contributed by atoms with Crippen molar-refractivity contribution in [3.05, 3.63) is 114 Å². The topological polar surface area (TPSA) is 218 Å². The van der Waals surface area contributed by atoms with Crippen LogP contribution in [0, 0.1) is 0 Å². The van der Waals surface area contributed by atoms with Crippen LogP contribution in [0.4, 0.5) is 0 Å². The summed E-state index contributed by atoms with van der Waals surface area (Å²) in [4.78, 5) is 81.2. The fourth-order valence-corrected chi connectivity index (χ4v) is 5.52. The Balaban J connectivity index is 1.49. The standard InChI is InChI=1S/C36H38N3O11P/c40-32(23-26-10-13-27-8-4-5-9-28(27)20-26)38-31(21-24-6-2-1-3-7-24)36(45)39-30(22-25-11-14-29(15-12-25)50-51(46,47)48)35(44)37-18-19-49-34(43)17-16-33(41)42/h1-15,20,30-31H,16-19,21-23H2,(H,37,44)(H,38,40)(H,39,45)(H,41,42)(H2,46,47,48). The maximum atomic E-state index is 13.8. The summed E-state index contributed by atoms with van der Waals surface area (Å²) >= 11 is 0. The minimum absolute atomic E-state index is 0.00152. The molecule has 6 N–H and O–H groups in total. The van der Waals surface area contributed by atoms with E-state index in [0.29, 0.717) is 5.56 Å². The van der Waals surface area contributed by atoms with Crippen LogP contribution in [0.25, 0.3) is 10.8 Å². The van der Waals surface area contributed by atoms with Crippen molar-refractivity contribution < 1.29 is 52.7 Å². The average molecular weight is 720 g/mol. The molecule has 4 aromatic carbocycles. The number of carbonyl (C=O) groups is 5. The van der Waals surface area contributed by atoms with Gasteiger partial charge in [0.1, 0.15) is 24.4 Å². The summed E-state index contributed by atoms with van der Waals surface area (Å²) in [5, 5.41) is 18.8. The Morgan fingerprint density at radius 2 is 1.29 bits per heavy atom. The molecule has 51 heavy (non-hydrogen) atoms. The number of carbonyl (C=O) groups excluding carboxylic acids is 4. The van der Waals surface area contributed by atoms with Crippen LogP contribution < -0.4 is 20.5 Å². The van der Waals surface area contributed by atoms with Gasteiger partial charge in [-0.1, -0.05) is 84.9 Å². The molecule has 0 aliphatic rings. The molecule has 0 aromatic heterocycles. The molecular formula is C36H38N3O11P. The largest absolute Gasteiger partial charge is 0.524 e. The molecule has 2 unspecified atom stereocenters. The Hall–Kier alpha value is -5.56. The van der Waals surface area contributed by atoms with Crippen LogP contribution in [-0.2, 0) is 52.5 Å². The molecule has 4 rings (SSSR count). The summed E-state index contributed by atoms with van der Waals surface area (Å²) in [5.41, 5.74) is 2.00. The highest BCUT2D eigenvalue weighted by Gasteiger charge is 2.28. The molecule has 14 nitrogen and oxygen atoms in total. The lowest BCUT2D eigenvalue weighted by molar-refractivity contribution is -0.147. The van der Waals surface area contributed by atoms with Crippen molar-refractivity contribution >= 4 is 48.3 Å². The first-order chi connectivity index (χ1) is 24.3. The monoisotopic (exact) mass is 719 g/mol. The fraction of sp³-hybridized carbons (Fsp3) is 0.250. The maximum absolute atomic E-state index is 13.8. The molecule has 3 amide bonds. The van der Waals surface area contributed by atoms with E-state index in [1.54, 1.807) is 24.3 Å². The molecule has 0 fully saturated rings. The SMILES string of the molecule is O=C(O)CCC(=O)OCCNC(=O)C(Cc1ccc(OP(=O)(O)O)cc1)NC(=O)C(Cc1ccccc1)NC(=O)Cc1ccc2ccccc2c1. The summed E-state index contributed by atoms with van der Waals surface area (Å²) in [7, 11) is -4.80. The Labute approximate surface area is 293 Å². The molecule has 0 bridgehead atoms. The third-order valence-electron chi connectivity index (χ3n) is 7.54. The molecule has 0 aliphatic carbocycles. The first-order valence-corrected chi connectivity index (χ1v) is 17.5. The normalized spacial score (nSPS) is 12.3. The number of phosphoric acid groups is 1.